The molecular formula is C21H18BrNO5. The average Bonchev–Trinajstić information content (AvgIpc) is 3.13. The van der Waals surface area contributed by atoms with Gasteiger partial charge < -0.3 is 19.2 Å². The molecule has 1 atom stereocenters. The lowest BCUT2D eigenvalue weighted by Gasteiger charge is -2.18. The average molecular weight is 444 g/mol. The molecule has 1 amide bonds. The summed E-state index contributed by atoms with van der Waals surface area (Å²) in [5, 5.41) is 2.78. The monoisotopic (exact) mass is 443 g/mol. The predicted octanol–water partition coefficient (Wildman–Crippen LogP) is 4.90. The molecule has 2 aromatic carbocycles. The van der Waals surface area contributed by atoms with E-state index < -0.39 is 18.0 Å². The molecule has 0 saturated heterocycles. The lowest BCUT2D eigenvalue weighted by Crippen LogP contribution is -2.26. The van der Waals surface area contributed by atoms with Gasteiger partial charge in [0.25, 0.3) is 5.91 Å². The van der Waals surface area contributed by atoms with Gasteiger partial charge in [-0.3, -0.25) is 4.79 Å². The van der Waals surface area contributed by atoms with Crippen LogP contribution in [-0.4, -0.2) is 19.0 Å². The quantitative estimate of drug-likeness (QED) is 0.548. The molecular weight excluding hydrogens is 426 g/mol. The maximum atomic E-state index is 13.0. The van der Waals surface area contributed by atoms with E-state index in [1.165, 1.54) is 13.2 Å². The molecule has 0 fully saturated rings. The number of methoxy groups -OCH3 is 1. The summed E-state index contributed by atoms with van der Waals surface area (Å²) in [4.78, 5) is 25.4. The number of esters is 1. The summed E-state index contributed by atoms with van der Waals surface area (Å²) >= 11 is 3.14. The Morgan fingerprint density at radius 2 is 1.82 bits per heavy atom. The fourth-order valence-electron chi connectivity index (χ4n) is 2.61. The van der Waals surface area contributed by atoms with Crippen LogP contribution in [0.4, 0.5) is 5.69 Å². The van der Waals surface area contributed by atoms with E-state index in [1.54, 1.807) is 42.5 Å². The molecule has 1 heterocycles. The van der Waals surface area contributed by atoms with Gasteiger partial charge in [-0.15, -0.1) is 0 Å². The molecule has 6 nitrogen and oxygen atoms in total. The molecule has 28 heavy (non-hydrogen) atoms. The van der Waals surface area contributed by atoms with Crippen LogP contribution >= 0.6 is 15.9 Å². The number of hydrogen-bond acceptors (Lipinski definition) is 5. The molecule has 0 spiro atoms. The van der Waals surface area contributed by atoms with Crippen molar-refractivity contribution < 1.29 is 23.5 Å². The van der Waals surface area contributed by atoms with Gasteiger partial charge in [-0.1, -0.05) is 36.4 Å². The molecule has 1 N–H and O–H groups in total. The molecule has 0 saturated carbocycles. The number of aryl methyl sites for hydroxylation is 1. The van der Waals surface area contributed by atoms with Crippen molar-refractivity contribution in [2.24, 2.45) is 0 Å². The second-order valence-electron chi connectivity index (χ2n) is 5.99. The van der Waals surface area contributed by atoms with E-state index in [-0.39, 0.29) is 5.76 Å². The first kappa shape index (κ1) is 19.7. The third kappa shape index (κ3) is 4.61. The van der Waals surface area contributed by atoms with Gasteiger partial charge in [0.2, 0.25) is 11.9 Å². The Kier molecular flexibility index (Phi) is 6.16. The molecule has 3 aromatic rings. The van der Waals surface area contributed by atoms with Gasteiger partial charge >= 0.3 is 5.97 Å². The van der Waals surface area contributed by atoms with Gasteiger partial charge in [0.05, 0.1) is 12.8 Å². The first-order valence-electron chi connectivity index (χ1n) is 8.44. The third-order valence-electron chi connectivity index (χ3n) is 3.95. The third-order valence-corrected chi connectivity index (χ3v) is 4.38. The predicted molar refractivity (Wildman–Crippen MR) is 107 cm³/mol. The van der Waals surface area contributed by atoms with E-state index in [0.717, 1.165) is 5.56 Å². The van der Waals surface area contributed by atoms with Crippen LogP contribution in [0.3, 0.4) is 0 Å². The number of carbonyl (C=O) groups is 2. The second kappa shape index (κ2) is 8.75. The Balaban J connectivity index is 1.87. The lowest BCUT2D eigenvalue weighted by atomic mass is 10.1. The summed E-state index contributed by atoms with van der Waals surface area (Å²) in [6.45, 7) is 1.90. The van der Waals surface area contributed by atoms with Gasteiger partial charge in [-0.05, 0) is 52.7 Å². The van der Waals surface area contributed by atoms with E-state index in [4.69, 9.17) is 13.9 Å². The minimum absolute atomic E-state index is 0.00579. The SMILES string of the molecule is COc1ccc(C)cc1NC(=O)[C@H](OC(=O)c1ccc(Br)o1)c1ccccc1. The largest absolute Gasteiger partial charge is 0.495 e. The van der Waals surface area contributed by atoms with E-state index in [9.17, 15) is 9.59 Å². The smallest absolute Gasteiger partial charge is 0.375 e. The zero-order valence-electron chi connectivity index (χ0n) is 15.3. The van der Waals surface area contributed by atoms with Crippen LogP contribution in [0, 0.1) is 6.92 Å². The minimum Gasteiger partial charge on any atom is -0.495 e. The summed E-state index contributed by atoms with van der Waals surface area (Å²) in [5.41, 5.74) is 1.97. The Bertz CT molecular complexity index is 983. The molecule has 0 bridgehead atoms. The van der Waals surface area contributed by atoms with Gasteiger partial charge in [0.1, 0.15) is 5.75 Å². The zero-order chi connectivity index (χ0) is 20.1. The fourth-order valence-corrected chi connectivity index (χ4v) is 2.91. The lowest BCUT2D eigenvalue weighted by molar-refractivity contribution is -0.125. The summed E-state index contributed by atoms with van der Waals surface area (Å²) in [7, 11) is 1.52. The number of carbonyl (C=O) groups excluding carboxylic acids is 2. The Morgan fingerprint density at radius 1 is 1.07 bits per heavy atom. The Labute approximate surface area is 170 Å². The van der Waals surface area contributed by atoms with Crippen molar-refractivity contribution >= 4 is 33.5 Å². The van der Waals surface area contributed by atoms with Crippen LogP contribution in [0.25, 0.3) is 0 Å². The number of halogens is 1. The van der Waals surface area contributed by atoms with Crippen LogP contribution in [-0.2, 0) is 9.53 Å². The van der Waals surface area contributed by atoms with Crippen LogP contribution in [0.2, 0.25) is 0 Å². The Morgan fingerprint density at radius 3 is 2.46 bits per heavy atom. The summed E-state index contributed by atoms with van der Waals surface area (Å²) in [5.74, 6) is -0.749. The van der Waals surface area contributed by atoms with Crippen LogP contribution in [0.15, 0.2) is 69.8 Å². The van der Waals surface area contributed by atoms with Crippen molar-refractivity contribution in [1.29, 1.82) is 0 Å². The molecule has 0 unspecified atom stereocenters. The van der Waals surface area contributed by atoms with Gasteiger partial charge in [-0.25, -0.2) is 4.79 Å². The standard InChI is InChI=1S/C21H18BrNO5/c1-13-8-9-16(26-2)15(12-13)23-20(24)19(14-6-4-3-5-7-14)28-21(25)17-10-11-18(22)27-17/h3-12,19H,1-2H3,(H,23,24)/t19-/m1/s1. The number of anilines is 1. The number of amides is 1. The number of nitrogens with one attached hydrogen (secondary N) is 1. The number of benzene rings is 2. The van der Waals surface area contributed by atoms with Crippen molar-refractivity contribution in [3.05, 3.63) is 82.2 Å². The van der Waals surface area contributed by atoms with Gasteiger partial charge in [0, 0.05) is 5.56 Å². The molecule has 0 aliphatic rings. The normalized spacial score (nSPS) is 11.5. The summed E-state index contributed by atoms with van der Waals surface area (Å²) < 4.78 is 16.4. The molecule has 0 aliphatic heterocycles. The first-order valence-corrected chi connectivity index (χ1v) is 9.24. The van der Waals surface area contributed by atoms with Crippen molar-refractivity contribution in [2.45, 2.75) is 13.0 Å². The maximum absolute atomic E-state index is 13.0. The van der Waals surface area contributed by atoms with Gasteiger partial charge in [-0.2, -0.15) is 0 Å². The number of rotatable bonds is 6. The first-order chi connectivity index (χ1) is 13.5. The fraction of sp³-hybridized carbons (Fsp3) is 0.143. The van der Waals surface area contributed by atoms with E-state index in [1.807, 2.05) is 19.1 Å². The van der Waals surface area contributed by atoms with Crippen LogP contribution < -0.4 is 10.1 Å². The highest BCUT2D eigenvalue weighted by Crippen LogP contribution is 2.28. The van der Waals surface area contributed by atoms with E-state index >= 15 is 0 Å². The number of furan rings is 1. The van der Waals surface area contributed by atoms with Crippen molar-refractivity contribution in [3.63, 3.8) is 0 Å². The topological polar surface area (TPSA) is 77.8 Å². The molecule has 7 heteroatoms. The summed E-state index contributed by atoms with van der Waals surface area (Å²) in [6, 6.07) is 17.2. The minimum atomic E-state index is -1.16. The maximum Gasteiger partial charge on any atom is 0.375 e. The highest BCUT2D eigenvalue weighted by atomic mass is 79.9. The van der Waals surface area contributed by atoms with Crippen molar-refractivity contribution in [2.75, 3.05) is 12.4 Å². The van der Waals surface area contributed by atoms with Crippen molar-refractivity contribution in [1.82, 2.24) is 0 Å². The highest BCUT2D eigenvalue weighted by Gasteiger charge is 2.27. The van der Waals surface area contributed by atoms with Crippen LogP contribution in [0.5, 0.6) is 5.75 Å². The van der Waals surface area contributed by atoms with E-state index in [2.05, 4.69) is 21.2 Å². The summed E-state index contributed by atoms with van der Waals surface area (Å²) in [6.07, 6.45) is -1.16. The highest BCUT2D eigenvalue weighted by molar-refractivity contribution is 9.10. The van der Waals surface area contributed by atoms with Gasteiger partial charge in [0.15, 0.2) is 4.67 Å². The zero-order valence-corrected chi connectivity index (χ0v) is 16.9. The van der Waals surface area contributed by atoms with Crippen LogP contribution in [0.1, 0.15) is 27.8 Å². The van der Waals surface area contributed by atoms with Crippen molar-refractivity contribution in [3.8, 4) is 5.75 Å². The molecule has 144 valence electrons. The molecule has 1 aromatic heterocycles. The number of hydrogen-bond donors (Lipinski definition) is 1. The second-order valence-corrected chi connectivity index (χ2v) is 6.77. The molecule has 0 radical (unpaired) electrons. The molecule has 3 rings (SSSR count). The van der Waals surface area contributed by atoms with E-state index in [0.29, 0.717) is 21.7 Å². The molecule has 0 aliphatic carbocycles. The Hall–Kier alpha value is -3.06. The number of ether oxygens (including phenoxy) is 2.